The van der Waals surface area contributed by atoms with Gasteiger partial charge in [-0.15, -0.1) is 0 Å². The van der Waals surface area contributed by atoms with Crippen LogP contribution in [0.15, 0.2) is 66.4 Å². The monoisotopic (exact) mass is 333 g/mol. The zero-order chi connectivity index (χ0) is 17.6. The number of carbonyl (C=O) groups is 1. The number of carbonyl (C=O) groups excluding carboxylic acids is 1. The summed E-state index contributed by atoms with van der Waals surface area (Å²) in [6.07, 6.45) is 3.84. The van der Waals surface area contributed by atoms with Gasteiger partial charge in [0.2, 0.25) is 0 Å². The van der Waals surface area contributed by atoms with Gasteiger partial charge in [-0.25, -0.2) is 5.48 Å². The van der Waals surface area contributed by atoms with Crippen molar-refractivity contribution in [2.24, 2.45) is 0 Å². The number of para-hydroxylation sites is 1. The third-order valence-electron chi connectivity index (χ3n) is 3.88. The number of hydroxylamine groups is 1. The van der Waals surface area contributed by atoms with Gasteiger partial charge >= 0.3 is 0 Å². The maximum absolute atomic E-state index is 11.3. The SMILES string of the molecule is C/C(=C\c1ccc(C(=O)NO)cc1)CNc1cccc2cccnc12. The fourth-order valence-corrected chi connectivity index (χ4v) is 2.61. The summed E-state index contributed by atoms with van der Waals surface area (Å²) >= 11 is 0. The Kier molecular flexibility index (Phi) is 5.06. The number of rotatable bonds is 5. The van der Waals surface area contributed by atoms with Crippen molar-refractivity contribution in [2.45, 2.75) is 6.92 Å². The molecule has 0 saturated carbocycles. The van der Waals surface area contributed by atoms with E-state index in [-0.39, 0.29) is 0 Å². The highest BCUT2D eigenvalue weighted by molar-refractivity contribution is 5.93. The zero-order valence-electron chi connectivity index (χ0n) is 13.9. The predicted octanol–water partition coefficient (Wildman–Crippen LogP) is 3.87. The standard InChI is InChI=1S/C20H19N3O2/c1-14(12-15-7-9-17(10-8-15)20(24)23-25)13-22-18-6-2-4-16-5-3-11-21-19(16)18/h2-12,22,25H,13H2,1H3,(H,23,24)/b14-12+. The summed E-state index contributed by atoms with van der Waals surface area (Å²) in [6, 6.07) is 17.1. The lowest BCUT2D eigenvalue weighted by atomic mass is 10.1. The van der Waals surface area contributed by atoms with Crippen molar-refractivity contribution in [3.8, 4) is 0 Å². The first-order chi connectivity index (χ1) is 12.2. The minimum absolute atomic E-state index is 0.414. The number of pyridine rings is 1. The Morgan fingerprint density at radius 2 is 1.88 bits per heavy atom. The molecule has 25 heavy (non-hydrogen) atoms. The van der Waals surface area contributed by atoms with Gasteiger partial charge in [-0.05, 0) is 36.8 Å². The number of amides is 1. The number of aromatic nitrogens is 1. The molecule has 1 heterocycles. The molecule has 0 unspecified atom stereocenters. The number of nitrogens with zero attached hydrogens (tertiary/aromatic N) is 1. The van der Waals surface area contributed by atoms with Crippen molar-refractivity contribution < 1.29 is 10.0 Å². The van der Waals surface area contributed by atoms with Crippen molar-refractivity contribution in [3.63, 3.8) is 0 Å². The van der Waals surface area contributed by atoms with Gasteiger partial charge < -0.3 is 5.32 Å². The van der Waals surface area contributed by atoms with E-state index in [1.807, 2.05) is 55.5 Å². The van der Waals surface area contributed by atoms with Gasteiger partial charge in [0.15, 0.2) is 0 Å². The lowest BCUT2D eigenvalue weighted by molar-refractivity contribution is 0.0706. The summed E-state index contributed by atoms with van der Waals surface area (Å²) in [6.45, 7) is 2.73. The van der Waals surface area contributed by atoms with Crippen LogP contribution in [0.1, 0.15) is 22.8 Å². The fraction of sp³-hybridized carbons (Fsp3) is 0.100. The van der Waals surface area contributed by atoms with Crippen LogP contribution in [0, 0.1) is 0 Å². The molecule has 3 N–H and O–H groups in total. The van der Waals surface area contributed by atoms with Crippen LogP contribution in [0.5, 0.6) is 0 Å². The van der Waals surface area contributed by atoms with Crippen molar-refractivity contribution in [1.29, 1.82) is 0 Å². The van der Waals surface area contributed by atoms with E-state index in [4.69, 9.17) is 5.21 Å². The van der Waals surface area contributed by atoms with Gasteiger partial charge in [-0.2, -0.15) is 0 Å². The Hall–Kier alpha value is -3.18. The molecule has 0 aliphatic heterocycles. The molecular formula is C20H19N3O2. The molecule has 1 aromatic heterocycles. The molecule has 3 aromatic rings. The van der Waals surface area contributed by atoms with Crippen molar-refractivity contribution in [1.82, 2.24) is 10.5 Å². The second-order valence-electron chi connectivity index (χ2n) is 5.79. The third kappa shape index (κ3) is 4.02. The van der Waals surface area contributed by atoms with Gasteiger partial charge in [-0.3, -0.25) is 15.0 Å². The molecule has 0 bridgehead atoms. The quantitative estimate of drug-likeness (QED) is 0.489. The molecule has 3 rings (SSSR count). The summed E-state index contributed by atoms with van der Waals surface area (Å²) in [5, 5.41) is 13.2. The van der Waals surface area contributed by atoms with Crippen LogP contribution in [0.2, 0.25) is 0 Å². The molecule has 0 aliphatic carbocycles. The Bertz CT molecular complexity index is 912. The van der Waals surface area contributed by atoms with Crippen molar-refractivity contribution >= 4 is 28.6 Å². The molecule has 0 fully saturated rings. The van der Waals surface area contributed by atoms with Gasteiger partial charge in [0.25, 0.3) is 5.91 Å². The fourth-order valence-electron chi connectivity index (χ4n) is 2.61. The largest absolute Gasteiger partial charge is 0.380 e. The van der Waals surface area contributed by atoms with Crippen molar-refractivity contribution in [3.05, 3.63) is 77.5 Å². The van der Waals surface area contributed by atoms with Crippen molar-refractivity contribution in [2.75, 3.05) is 11.9 Å². The Morgan fingerprint density at radius 1 is 1.12 bits per heavy atom. The number of benzene rings is 2. The second kappa shape index (κ2) is 7.59. The van der Waals surface area contributed by atoms with Gasteiger partial charge in [0.05, 0.1) is 11.2 Å². The number of anilines is 1. The first-order valence-corrected chi connectivity index (χ1v) is 7.96. The summed E-state index contributed by atoms with van der Waals surface area (Å²) in [5.41, 5.74) is 6.13. The molecule has 0 saturated heterocycles. The average Bonchev–Trinajstić information content (AvgIpc) is 2.66. The molecule has 126 valence electrons. The number of fused-ring (bicyclic) bond motifs is 1. The van der Waals surface area contributed by atoms with E-state index in [0.29, 0.717) is 12.1 Å². The number of nitrogens with one attached hydrogen (secondary N) is 2. The Labute approximate surface area is 146 Å². The molecule has 2 aromatic carbocycles. The van der Waals surface area contributed by atoms with Crippen LogP contribution in [0.4, 0.5) is 5.69 Å². The molecule has 5 nitrogen and oxygen atoms in total. The average molecular weight is 333 g/mol. The topological polar surface area (TPSA) is 74.2 Å². The maximum Gasteiger partial charge on any atom is 0.274 e. The molecule has 0 aliphatic rings. The van der Waals surface area contributed by atoms with E-state index >= 15 is 0 Å². The molecule has 0 radical (unpaired) electrons. The zero-order valence-corrected chi connectivity index (χ0v) is 13.9. The normalized spacial score (nSPS) is 11.4. The van der Waals surface area contributed by atoms with E-state index in [2.05, 4.69) is 10.3 Å². The highest BCUT2D eigenvalue weighted by Gasteiger charge is 2.03. The molecule has 1 amide bonds. The minimum atomic E-state index is -0.516. The number of hydrogen-bond acceptors (Lipinski definition) is 4. The summed E-state index contributed by atoms with van der Waals surface area (Å²) in [4.78, 5) is 15.8. The summed E-state index contributed by atoms with van der Waals surface area (Å²) in [7, 11) is 0. The Balaban J connectivity index is 1.70. The molecule has 5 heteroatoms. The smallest absolute Gasteiger partial charge is 0.274 e. The lowest BCUT2D eigenvalue weighted by Crippen LogP contribution is -2.18. The molecule has 0 spiro atoms. The van der Waals surface area contributed by atoms with Crippen LogP contribution < -0.4 is 10.8 Å². The second-order valence-corrected chi connectivity index (χ2v) is 5.79. The van der Waals surface area contributed by atoms with E-state index in [1.165, 1.54) is 0 Å². The summed E-state index contributed by atoms with van der Waals surface area (Å²) < 4.78 is 0. The molecule has 0 atom stereocenters. The van der Waals surface area contributed by atoms with E-state index in [9.17, 15) is 4.79 Å². The van der Waals surface area contributed by atoms with Gasteiger partial charge in [0, 0.05) is 23.7 Å². The third-order valence-corrected chi connectivity index (χ3v) is 3.88. The van der Waals surface area contributed by atoms with Crippen LogP contribution in [0.3, 0.4) is 0 Å². The van der Waals surface area contributed by atoms with E-state index in [0.717, 1.165) is 27.7 Å². The van der Waals surface area contributed by atoms with E-state index < -0.39 is 5.91 Å². The van der Waals surface area contributed by atoms with Crippen LogP contribution >= 0.6 is 0 Å². The lowest BCUT2D eigenvalue weighted by Gasteiger charge is -2.09. The van der Waals surface area contributed by atoms with Crippen LogP contribution in [-0.2, 0) is 0 Å². The van der Waals surface area contributed by atoms with Crippen LogP contribution in [-0.4, -0.2) is 22.6 Å². The van der Waals surface area contributed by atoms with Gasteiger partial charge in [-0.1, -0.05) is 42.0 Å². The van der Waals surface area contributed by atoms with Crippen LogP contribution in [0.25, 0.3) is 17.0 Å². The van der Waals surface area contributed by atoms with Gasteiger partial charge in [0.1, 0.15) is 0 Å². The number of hydrogen-bond donors (Lipinski definition) is 3. The van der Waals surface area contributed by atoms with E-state index in [1.54, 1.807) is 23.8 Å². The minimum Gasteiger partial charge on any atom is -0.380 e. The first-order valence-electron chi connectivity index (χ1n) is 7.96. The Morgan fingerprint density at radius 3 is 2.64 bits per heavy atom. The first kappa shape index (κ1) is 16.7. The highest BCUT2D eigenvalue weighted by atomic mass is 16.5. The maximum atomic E-state index is 11.3. The molecular weight excluding hydrogens is 314 g/mol. The highest BCUT2D eigenvalue weighted by Crippen LogP contribution is 2.21. The predicted molar refractivity (Wildman–Crippen MR) is 99.6 cm³/mol. The summed E-state index contributed by atoms with van der Waals surface area (Å²) in [5.74, 6) is -0.516.